The van der Waals surface area contributed by atoms with Gasteiger partial charge in [0.1, 0.15) is 0 Å². The van der Waals surface area contributed by atoms with Gasteiger partial charge in [0.25, 0.3) is 0 Å². The Balaban J connectivity index is 2.64. The minimum atomic E-state index is -1.04. The molecule has 0 unspecified atom stereocenters. The molecule has 1 aromatic heterocycles. The number of aromatic carboxylic acids is 1. The second-order valence-corrected chi connectivity index (χ2v) is 4.51. The van der Waals surface area contributed by atoms with Crippen molar-refractivity contribution in [3.63, 3.8) is 0 Å². The molecular weight excluding hydrogens is 262 g/mol. The molecule has 7 nitrogen and oxygen atoms in total. The number of hydrogen-bond acceptors (Lipinski definition) is 4. The first kappa shape index (κ1) is 15.9. The molecule has 110 valence electrons. The number of nitrogens with zero attached hydrogens (tertiary/aromatic N) is 2. The fraction of sp³-hybridized carbons (Fsp3) is 0.462. The van der Waals surface area contributed by atoms with Gasteiger partial charge < -0.3 is 20.4 Å². The quantitative estimate of drug-likeness (QED) is 0.712. The van der Waals surface area contributed by atoms with Crippen LogP contribution in [-0.4, -0.2) is 51.3 Å². The Labute approximate surface area is 117 Å². The third-order valence-corrected chi connectivity index (χ3v) is 2.71. The van der Waals surface area contributed by atoms with Gasteiger partial charge in [0.2, 0.25) is 0 Å². The van der Waals surface area contributed by atoms with Crippen molar-refractivity contribution in [3.05, 3.63) is 29.6 Å². The highest BCUT2D eigenvalue weighted by atomic mass is 16.4. The van der Waals surface area contributed by atoms with Crippen molar-refractivity contribution in [2.45, 2.75) is 26.4 Å². The lowest BCUT2D eigenvalue weighted by Crippen LogP contribution is -2.45. The smallest absolute Gasteiger partial charge is 0.335 e. The molecule has 0 bridgehead atoms. The number of nitrogens with one attached hydrogen (secondary N) is 1. The number of carboxylic acid groups (broad SMARTS) is 1. The lowest BCUT2D eigenvalue weighted by Gasteiger charge is -2.26. The van der Waals surface area contributed by atoms with Gasteiger partial charge in [0.05, 0.1) is 24.4 Å². The van der Waals surface area contributed by atoms with Crippen LogP contribution in [0.1, 0.15) is 29.9 Å². The number of rotatable bonds is 6. The minimum Gasteiger partial charge on any atom is -0.478 e. The third-order valence-electron chi connectivity index (χ3n) is 2.71. The molecule has 0 atom stereocenters. The number of pyridine rings is 1. The normalized spacial score (nSPS) is 10.4. The number of amides is 2. The fourth-order valence-corrected chi connectivity index (χ4v) is 1.68. The maximum atomic E-state index is 11.9. The van der Waals surface area contributed by atoms with E-state index in [1.54, 1.807) is 0 Å². The summed E-state index contributed by atoms with van der Waals surface area (Å²) in [6.07, 6.45) is 1.39. The van der Waals surface area contributed by atoms with Crippen molar-refractivity contribution in [1.82, 2.24) is 15.2 Å². The first-order valence-corrected chi connectivity index (χ1v) is 6.29. The van der Waals surface area contributed by atoms with Gasteiger partial charge in [-0.25, -0.2) is 9.59 Å². The zero-order valence-corrected chi connectivity index (χ0v) is 11.5. The number of carboxylic acids is 1. The Morgan fingerprint density at radius 2 is 2.15 bits per heavy atom. The van der Waals surface area contributed by atoms with Gasteiger partial charge >= 0.3 is 12.0 Å². The lowest BCUT2D eigenvalue weighted by atomic mass is 10.2. The molecular formula is C13H19N3O4. The summed E-state index contributed by atoms with van der Waals surface area (Å²) in [6.45, 7) is 3.95. The Hall–Kier alpha value is -2.15. The van der Waals surface area contributed by atoms with Crippen LogP contribution in [0.2, 0.25) is 0 Å². The summed E-state index contributed by atoms with van der Waals surface area (Å²) in [7, 11) is 0. The fourth-order valence-electron chi connectivity index (χ4n) is 1.68. The average molecular weight is 281 g/mol. The Morgan fingerprint density at radius 3 is 2.70 bits per heavy atom. The van der Waals surface area contributed by atoms with Crippen LogP contribution >= 0.6 is 0 Å². The van der Waals surface area contributed by atoms with Crippen LogP contribution in [0.4, 0.5) is 4.79 Å². The van der Waals surface area contributed by atoms with Gasteiger partial charge in [-0.3, -0.25) is 4.98 Å². The zero-order chi connectivity index (χ0) is 15.1. The molecule has 1 aromatic rings. The number of hydrogen-bond donors (Lipinski definition) is 3. The highest BCUT2D eigenvalue weighted by Gasteiger charge is 2.16. The molecule has 0 spiro atoms. The van der Waals surface area contributed by atoms with Crippen molar-refractivity contribution in [1.29, 1.82) is 0 Å². The van der Waals surface area contributed by atoms with Crippen LogP contribution < -0.4 is 5.32 Å². The molecule has 0 aromatic carbocycles. The van der Waals surface area contributed by atoms with E-state index in [-0.39, 0.29) is 37.3 Å². The van der Waals surface area contributed by atoms with E-state index >= 15 is 0 Å². The van der Waals surface area contributed by atoms with E-state index in [4.69, 9.17) is 10.2 Å². The lowest BCUT2D eigenvalue weighted by molar-refractivity contribution is 0.0696. The Bertz CT molecular complexity index is 476. The molecule has 1 heterocycles. The molecule has 0 saturated heterocycles. The summed E-state index contributed by atoms with van der Waals surface area (Å²) in [5.74, 6) is -1.04. The minimum absolute atomic E-state index is 0.0412. The number of aliphatic hydroxyl groups excluding tert-OH is 1. The standard InChI is InChI=1S/C13H19N3O4/c1-9(2)16(5-6-17)13(20)15-8-11-7-10(12(18)19)3-4-14-11/h3-4,7,9,17H,5-6,8H2,1-2H3,(H,15,20)(H,18,19). The van der Waals surface area contributed by atoms with E-state index in [9.17, 15) is 9.59 Å². The van der Waals surface area contributed by atoms with Gasteiger partial charge in [0, 0.05) is 18.8 Å². The van der Waals surface area contributed by atoms with E-state index in [1.807, 2.05) is 13.8 Å². The van der Waals surface area contributed by atoms with Crippen molar-refractivity contribution in [3.8, 4) is 0 Å². The van der Waals surface area contributed by atoms with Crippen molar-refractivity contribution in [2.24, 2.45) is 0 Å². The van der Waals surface area contributed by atoms with Gasteiger partial charge in [-0.2, -0.15) is 0 Å². The van der Waals surface area contributed by atoms with Gasteiger partial charge in [-0.05, 0) is 26.0 Å². The molecule has 7 heteroatoms. The van der Waals surface area contributed by atoms with Gasteiger partial charge in [0.15, 0.2) is 0 Å². The monoisotopic (exact) mass is 281 g/mol. The molecule has 0 radical (unpaired) electrons. The first-order valence-electron chi connectivity index (χ1n) is 6.29. The number of aromatic nitrogens is 1. The second-order valence-electron chi connectivity index (χ2n) is 4.51. The molecule has 20 heavy (non-hydrogen) atoms. The van der Waals surface area contributed by atoms with Crippen molar-refractivity contribution < 1.29 is 19.8 Å². The van der Waals surface area contributed by atoms with E-state index in [0.717, 1.165) is 0 Å². The summed E-state index contributed by atoms with van der Waals surface area (Å²) in [4.78, 5) is 28.2. The molecule has 0 saturated carbocycles. The molecule has 0 aliphatic carbocycles. The van der Waals surface area contributed by atoms with Gasteiger partial charge in [-0.15, -0.1) is 0 Å². The van der Waals surface area contributed by atoms with Crippen LogP contribution in [0, 0.1) is 0 Å². The maximum Gasteiger partial charge on any atom is 0.335 e. The summed E-state index contributed by atoms with van der Waals surface area (Å²) < 4.78 is 0. The highest BCUT2D eigenvalue weighted by molar-refractivity contribution is 5.87. The largest absolute Gasteiger partial charge is 0.478 e. The molecule has 0 aliphatic heterocycles. The number of carbonyl (C=O) groups excluding carboxylic acids is 1. The summed E-state index contributed by atoms with van der Waals surface area (Å²) in [6, 6.07) is 2.44. The summed E-state index contributed by atoms with van der Waals surface area (Å²) >= 11 is 0. The maximum absolute atomic E-state index is 11.9. The van der Waals surface area contributed by atoms with Crippen LogP contribution in [0.3, 0.4) is 0 Å². The van der Waals surface area contributed by atoms with Crippen molar-refractivity contribution in [2.75, 3.05) is 13.2 Å². The number of urea groups is 1. The van der Waals surface area contributed by atoms with Crippen molar-refractivity contribution >= 4 is 12.0 Å². The zero-order valence-electron chi connectivity index (χ0n) is 11.5. The summed E-state index contributed by atoms with van der Waals surface area (Å²) in [5.41, 5.74) is 0.589. The van der Waals surface area contributed by atoms with E-state index in [1.165, 1.54) is 23.2 Å². The molecule has 0 fully saturated rings. The predicted octanol–water partition coefficient (Wildman–Crippen LogP) is 0.692. The second kappa shape index (κ2) is 7.44. The highest BCUT2D eigenvalue weighted by Crippen LogP contribution is 2.03. The van der Waals surface area contributed by atoms with Crippen LogP contribution in [0.15, 0.2) is 18.3 Å². The number of carbonyl (C=O) groups is 2. The molecule has 0 aliphatic rings. The van der Waals surface area contributed by atoms with E-state index in [2.05, 4.69) is 10.3 Å². The average Bonchev–Trinajstić information content (AvgIpc) is 2.42. The molecule has 2 amide bonds. The van der Waals surface area contributed by atoms with Crippen LogP contribution in [0.25, 0.3) is 0 Å². The molecule has 1 rings (SSSR count). The Morgan fingerprint density at radius 1 is 1.45 bits per heavy atom. The van der Waals surface area contributed by atoms with Crippen LogP contribution in [-0.2, 0) is 6.54 Å². The van der Waals surface area contributed by atoms with Crippen LogP contribution in [0.5, 0.6) is 0 Å². The Kier molecular flexibility index (Phi) is 5.92. The van der Waals surface area contributed by atoms with E-state index < -0.39 is 5.97 Å². The summed E-state index contributed by atoms with van der Waals surface area (Å²) in [5, 5.41) is 20.4. The van der Waals surface area contributed by atoms with Gasteiger partial charge in [-0.1, -0.05) is 0 Å². The topological polar surface area (TPSA) is 103 Å². The first-order chi connectivity index (χ1) is 9.45. The SMILES string of the molecule is CC(C)N(CCO)C(=O)NCc1cc(C(=O)O)ccn1. The third kappa shape index (κ3) is 4.51. The van der Waals surface area contributed by atoms with E-state index in [0.29, 0.717) is 5.69 Å². The number of aliphatic hydroxyl groups is 1. The predicted molar refractivity (Wildman–Crippen MR) is 72.4 cm³/mol. The molecule has 3 N–H and O–H groups in total.